The average Bonchev–Trinajstić information content (AvgIpc) is 2.94. The van der Waals surface area contributed by atoms with Gasteiger partial charge in [0.15, 0.2) is 0 Å². The highest BCUT2D eigenvalue weighted by molar-refractivity contribution is 7.99. The van der Waals surface area contributed by atoms with Crippen LogP contribution in [0.15, 0.2) is 0 Å². The Balaban J connectivity index is 2.14. The van der Waals surface area contributed by atoms with E-state index in [0.29, 0.717) is 11.3 Å². The molecule has 1 rings (SSSR count). The number of hydrogen-bond donors (Lipinski definition) is 1. The molecule has 0 aromatic heterocycles. The Labute approximate surface area is 85.8 Å². The molecule has 78 valence electrons. The van der Waals surface area contributed by atoms with Gasteiger partial charge in [0.05, 0.1) is 6.61 Å². The average molecular weight is 203 g/mol. The minimum atomic E-state index is 0.597. The first-order valence-corrected chi connectivity index (χ1v) is 6.31. The fraction of sp³-hybridized carbons (Fsp3) is 1.00. The van der Waals surface area contributed by atoms with Gasteiger partial charge in [-0.05, 0) is 25.0 Å². The van der Waals surface area contributed by atoms with Gasteiger partial charge >= 0.3 is 0 Å². The molecule has 2 unspecified atom stereocenters. The van der Waals surface area contributed by atoms with Crippen LogP contribution < -0.4 is 5.32 Å². The van der Waals surface area contributed by atoms with E-state index in [-0.39, 0.29) is 0 Å². The third-order valence-corrected chi connectivity index (χ3v) is 3.58. The fourth-order valence-corrected chi connectivity index (χ4v) is 1.70. The maximum atomic E-state index is 5.20. The SMILES string of the molecule is COCC(NCC(C)SC)C1CC1. The Morgan fingerprint density at radius 3 is 2.69 bits per heavy atom. The molecule has 1 aliphatic carbocycles. The summed E-state index contributed by atoms with van der Waals surface area (Å²) < 4.78 is 5.20. The van der Waals surface area contributed by atoms with Crippen molar-refractivity contribution in [3.63, 3.8) is 0 Å². The van der Waals surface area contributed by atoms with Gasteiger partial charge in [-0.1, -0.05) is 6.92 Å². The summed E-state index contributed by atoms with van der Waals surface area (Å²) in [6, 6.07) is 0.597. The van der Waals surface area contributed by atoms with Crippen molar-refractivity contribution in [1.82, 2.24) is 5.32 Å². The summed E-state index contributed by atoms with van der Waals surface area (Å²) in [6.45, 7) is 4.23. The smallest absolute Gasteiger partial charge is 0.0618 e. The Hall–Kier alpha value is 0.270. The van der Waals surface area contributed by atoms with Gasteiger partial charge in [0.25, 0.3) is 0 Å². The van der Waals surface area contributed by atoms with Crippen LogP contribution in [0.1, 0.15) is 19.8 Å². The summed E-state index contributed by atoms with van der Waals surface area (Å²) in [4.78, 5) is 0. The van der Waals surface area contributed by atoms with E-state index in [1.807, 2.05) is 11.8 Å². The molecule has 2 atom stereocenters. The van der Waals surface area contributed by atoms with Crippen LogP contribution in [-0.2, 0) is 4.74 Å². The summed E-state index contributed by atoms with van der Waals surface area (Å²) in [5.74, 6) is 0.883. The number of hydrogen-bond acceptors (Lipinski definition) is 3. The van der Waals surface area contributed by atoms with Gasteiger partial charge in [-0.15, -0.1) is 0 Å². The molecule has 2 nitrogen and oxygen atoms in total. The molecule has 0 aliphatic heterocycles. The molecule has 0 saturated heterocycles. The number of nitrogens with one attached hydrogen (secondary N) is 1. The molecule has 0 bridgehead atoms. The summed E-state index contributed by atoms with van der Waals surface area (Å²) in [6.07, 6.45) is 4.93. The van der Waals surface area contributed by atoms with E-state index in [2.05, 4.69) is 18.5 Å². The van der Waals surface area contributed by atoms with Crippen LogP contribution in [0.25, 0.3) is 0 Å². The summed E-state index contributed by atoms with van der Waals surface area (Å²) in [5, 5.41) is 4.29. The minimum absolute atomic E-state index is 0.597. The van der Waals surface area contributed by atoms with Crippen LogP contribution in [0.4, 0.5) is 0 Å². The Morgan fingerprint density at radius 1 is 1.54 bits per heavy atom. The normalized spacial score (nSPS) is 21.5. The van der Waals surface area contributed by atoms with Crippen LogP contribution in [0, 0.1) is 5.92 Å². The molecule has 3 heteroatoms. The largest absolute Gasteiger partial charge is 0.383 e. The molecule has 0 spiro atoms. The lowest BCUT2D eigenvalue weighted by molar-refractivity contribution is 0.158. The second-order valence-electron chi connectivity index (χ2n) is 3.85. The molecule has 13 heavy (non-hydrogen) atoms. The maximum Gasteiger partial charge on any atom is 0.0618 e. The molecule has 0 amide bonds. The van der Waals surface area contributed by atoms with Crippen LogP contribution in [0.3, 0.4) is 0 Å². The highest BCUT2D eigenvalue weighted by Gasteiger charge is 2.30. The first-order chi connectivity index (χ1) is 6.27. The van der Waals surface area contributed by atoms with Gasteiger partial charge in [0, 0.05) is 24.9 Å². The molecule has 0 aromatic rings. The van der Waals surface area contributed by atoms with Crippen molar-refractivity contribution in [3.8, 4) is 0 Å². The molecular formula is C10H21NOS. The van der Waals surface area contributed by atoms with Gasteiger partial charge in [-0.2, -0.15) is 11.8 Å². The highest BCUT2D eigenvalue weighted by Crippen LogP contribution is 2.32. The van der Waals surface area contributed by atoms with E-state index in [1.54, 1.807) is 7.11 Å². The van der Waals surface area contributed by atoms with Crippen molar-refractivity contribution in [3.05, 3.63) is 0 Å². The predicted molar refractivity (Wildman–Crippen MR) is 59.4 cm³/mol. The van der Waals surface area contributed by atoms with E-state index in [4.69, 9.17) is 4.74 Å². The zero-order valence-electron chi connectivity index (χ0n) is 8.88. The van der Waals surface area contributed by atoms with Crippen molar-refractivity contribution < 1.29 is 4.74 Å². The van der Waals surface area contributed by atoms with E-state index >= 15 is 0 Å². The van der Waals surface area contributed by atoms with Gasteiger partial charge < -0.3 is 10.1 Å². The third kappa shape index (κ3) is 4.34. The van der Waals surface area contributed by atoms with Gasteiger partial charge in [-0.25, -0.2) is 0 Å². The van der Waals surface area contributed by atoms with Crippen molar-refractivity contribution in [2.75, 3.05) is 26.5 Å². The molecule has 1 fully saturated rings. The van der Waals surface area contributed by atoms with Crippen molar-refractivity contribution in [2.45, 2.75) is 31.1 Å². The fourth-order valence-electron chi connectivity index (χ4n) is 1.44. The molecule has 1 aliphatic rings. The number of ether oxygens (including phenoxy) is 1. The van der Waals surface area contributed by atoms with Crippen LogP contribution in [0.2, 0.25) is 0 Å². The lowest BCUT2D eigenvalue weighted by Gasteiger charge is -2.19. The topological polar surface area (TPSA) is 21.3 Å². The number of methoxy groups -OCH3 is 1. The Morgan fingerprint density at radius 2 is 2.23 bits per heavy atom. The summed E-state index contributed by atoms with van der Waals surface area (Å²) in [5.41, 5.74) is 0. The van der Waals surface area contributed by atoms with Gasteiger partial charge in [0.1, 0.15) is 0 Å². The third-order valence-electron chi connectivity index (χ3n) is 2.61. The lowest BCUT2D eigenvalue weighted by atomic mass is 10.2. The molecular weight excluding hydrogens is 182 g/mol. The Bertz CT molecular complexity index is 139. The zero-order valence-corrected chi connectivity index (χ0v) is 9.69. The zero-order chi connectivity index (χ0) is 9.68. The molecule has 1 N–H and O–H groups in total. The quantitative estimate of drug-likeness (QED) is 0.681. The molecule has 1 saturated carbocycles. The van der Waals surface area contributed by atoms with Crippen LogP contribution >= 0.6 is 11.8 Å². The predicted octanol–water partition coefficient (Wildman–Crippen LogP) is 1.75. The first-order valence-electron chi connectivity index (χ1n) is 5.03. The second kappa shape index (κ2) is 5.89. The number of thioether (sulfide) groups is 1. The van der Waals surface area contributed by atoms with Gasteiger partial charge in [-0.3, -0.25) is 0 Å². The number of rotatable bonds is 7. The lowest BCUT2D eigenvalue weighted by Crippen LogP contribution is -2.38. The van der Waals surface area contributed by atoms with E-state index in [9.17, 15) is 0 Å². The van der Waals surface area contributed by atoms with Crippen molar-refractivity contribution in [1.29, 1.82) is 0 Å². The molecule has 0 radical (unpaired) electrons. The van der Waals surface area contributed by atoms with Gasteiger partial charge in [0.2, 0.25) is 0 Å². The summed E-state index contributed by atoms with van der Waals surface area (Å²) in [7, 11) is 1.79. The van der Waals surface area contributed by atoms with Crippen LogP contribution in [-0.4, -0.2) is 37.8 Å². The van der Waals surface area contributed by atoms with E-state index in [0.717, 1.165) is 19.1 Å². The second-order valence-corrected chi connectivity index (χ2v) is 5.13. The van der Waals surface area contributed by atoms with E-state index < -0.39 is 0 Å². The van der Waals surface area contributed by atoms with Crippen LogP contribution in [0.5, 0.6) is 0 Å². The highest BCUT2D eigenvalue weighted by atomic mass is 32.2. The maximum absolute atomic E-state index is 5.20. The molecule has 0 heterocycles. The minimum Gasteiger partial charge on any atom is -0.383 e. The Kier molecular flexibility index (Phi) is 5.14. The van der Waals surface area contributed by atoms with Crippen molar-refractivity contribution >= 4 is 11.8 Å². The molecule has 0 aromatic carbocycles. The first kappa shape index (κ1) is 11.3. The van der Waals surface area contributed by atoms with E-state index in [1.165, 1.54) is 12.8 Å². The summed E-state index contributed by atoms with van der Waals surface area (Å²) >= 11 is 1.91. The monoisotopic (exact) mass is 203 g/mol. The standard InChI is InChI=1S/C10H21NOS/c1-8(13-3)6-11-10(7-12-2)9-4-5-9/h8-11H,4-7H2,1-3H3. The van der Waals surface area contributed by atoms with Crippen molar-refractivity contribution in [2.24, 2.45) is 5.92 Å².